The number of aryl methyl sites for hydroxylation is 1. The Kier molecular flexibility index (Phi) is 12.5. The number of ether oxygens (including phenoxy) is 3. The van der Waals surface area contributed by atoms with Gasteiger partial charge in [-0.05, 0) is 29.7 Å². The molecule has 1 saturated heterocycles. The molecular weight excluding hydrogens is 531 g/mol. The van der Waals surface area contributed by atoms with Crippen molar-refractivity contribution in [3.05, 3.63) is 64.7 Å². The van der Waals surface area contributed by atoms with Gasteiger partial charge in [0.25, 0.3) is 0 Å². The average molecular weight is 569 g/mol. The minimum Gasteiger partial charge on any atom is -0.491 e. The maximum Gasteiger partial charge on any atom is 0.191 e. The van der Waals surface area contributed by atoms with Crippen molar-refractivity contribution >= 4 is 29.9 Å². The van der Waals surface area contributed by atoms with Gasteiger partial charge in [0.05, 0.1) is 19.8 Å². The maximum absolute atomic E-state index is 5.88. The van der Waals surface area contributed by atoms with Crippen LogP contribution in [0.2, 0.25) is 0 Å². The standard InChI is InChI=1S/C25H36N4O3.HI/c1-20-4-9-23(24(16-20)32-15-14-30-3)18-28-25(26-2)27-17-21-5-7-22(8-6-21)19-29-10-12-31-13-11-29;/h4-9,16H,10-15,17-19H2,1-3H3,(H2,26,27,28);1H. The van der Waals surface area contributed by atoms with Crippen LogP contribution in [-0.4, -0.2) is 64.5 Å². The van der Waals surface area contributed by atoms with Crippen molar-refractivity contribution in [3.8, 4) is 5.75 Å². The number of morpholine rings is 1. The molecule has 0 aromatic heterocycles. The molecule has 1 fully saturated rings. The second-order valence-electron chi connectivity index (χ2n) is 7.94. The van der Waals surface area contributed by atoms with Gasteiger partial charge < -0.3 is 24.8 Å². The van der Waals surface area contributed by atoms with E-state index in [4.69, 9.17) is 14.2 Å². The van der Waals surface area contributed by atoms with E-state index < -0.39 is 0 Å². The Morgan fingerprint density at radius 3 is 2.39 bits per heavy atom. The van der Waals surface area contributed by atoms with Crippen LogP contribution in [0.25, 0.3) is 0 Å². The number of hydrogen-bond acceptors (Lipinski definition) is 5. The zero-order valence-electron chi connectivity index (χ0n) is 19.9. The Morgan fingerprint density at radius 1 is 1.00 bits per heavy atom. The van der Waals surface area contributed by atoms with Crippen LogP contribution in [0, 0.1) is 6.92 Å². The number of halogens is 1. The molecule has 2 aromatic carbocycles. The second-order valence-corrected chi connectivity index (χ2v) is 7.94. The van der Waals surface area contributed by atoms with Gasteiger partial charge in [-0.1, -0.05) is 36.4 Å². The molecule has 0 spiro atoms. The van der Waals surface area contributed by atoms with Crippen LogP contribution in [0.3, 0.4) is 0 Å². The molecule has 1 heterocycles. The summed E-state index contributed by atoms with van der Waals surface area (Å²) in [4.78, 5) is 6.78. The molecule has 2 N–H and O–H groups in total. The van der Waals surface area contributed by atoms with Gasteiger partial charge in [-0.25, -0.2) is 0 Å². The van der Waals surface area contributed by atoms with Crippen molar-refractivity contribution in [2.75, 3.05) is 53.7 Å². The van der Waals surface area contributed by atoms with E-state index >= 15 is 0 Å². The molecule has 1 aliphatic rings. The summed E-state index contributed by atoms with van der Waals surface area (Å²) >= 11 is 0. The first kappa shape index (κ1) is 27.4. The quantitative estimate of drug-likeness (QED) is 0.199. The monoisotopic (exact) mass is 568 g/mol. The number of nitrogens with zero attached hydrogens (tertiary/aromatic N) is 2. The number of aliphatic imine (C=N–C) groups is 1. The first-order valence-corrected chi connectivity index (χ1v) is 11.2. The minimum absolute atomic E-state index is 0. The molecule has 0 radical (unpaired) electrons. The molecule has 0 amide bonds. The van der Waals surface area contributed by atoms with Crippen LogP contribution < -0.4 is 15.4 Å². The van der Waals surface area contributed by atoms with Crippen molar-refractivity contribution in [3.63, 3.8) is 0 Å². The van der Waals surface area contributed by atoms with Crippen molar-refractivity contribution in [1.29, 1.82) is 0 Å². The van der Waals surface area contributed by atoms with Crippen molar-refractivity contribution in [1.82, 2.24) is 15.5 Å². The van der Waals surface area contributed by atoms with Crippen molar-refractivity contribution in [2.45, 2.75) is 26.6 Å². The number of hydrogen-bond donors (Lipinski definition) is 2. The van der Waals surface area contributed by atoms with Gasteiger partial charge in [-0.3, -0.25) is 9.89 Å². The maximum atomic E-state index is 5.88. The number of guanidine groups is 1. The van der Waals surface area contributed by atoms with Gasteiger partial charge in [0.1, 0.15) is 12.4 Å². The van der Waals surface area contributed by atoms with Crippen molar-refractivity contribution < 1.29 is 14.2 Å². The third kappa shape index (κ3) is 9.48. The van der Waals surface area contributed by atoms with Crippen molar-refractivity contribution in [2.24, 2.45) is 4.99 Å². The largest absolute Gasteiger partial charge is 0.491 e. The summed E-state index contributed by atoms with van der Waals surface area (Å²) < 4.78 is 16.4. The highest BCUT2D eigenvalue weighted by molar-refractivity contribution is 14.0. The van der Waals surface area contributed by atoms with Crippen LogP contribution >= 0.6 is 24.0 Å². The molecule has 33 heavy (non-hydrogen) atoms. The van der Waals surface area contributed by atoms with Gasteiger partial charge in [-0.15, -0.1) is 24.0 Å². The fourth-order valence-electron chi connectivity index (χ4n) is 3.54. The summed E-state index contributed by atoms with van der Waals surface area (Å²) in [5.74, 6) is 1.63. The average Bonchev–Trinajstić information content (AvgIpc) is 2.82. The molecule has 1 aliphatic heterocycles. The lowest BCUT2D eigenvalue weighted by molar-refractivity contribution is 0.0342. The van der Waals surface area contributed by atoms with E-state index in [-0.39, 0.29) is 24.0 Å². The first-order chi connectivity index (χ1) is 15.7. The molecule has 7 nitrogen and oxygen atoms in total. The highest BCUT2D eigenvalue weighted by Gasteiger charge is 2.10. The van der Waals surface area contributed by atoms with E-state index in [2.05, 4.69) is 69.9 Å². The highest BCUT2D eigenvalue weighted by Crippen LogP contribution is 2.20. The molecule has 2 aromatic rings. The number of methoxy groups -OCH3 is 1. The summed E-state index contributed by atoms with van der Waals surface area (Å²) in [6.45, 7) is 9.14. The van der Waals surface area contributed by atoms with Crippen LogP contribution in [0.4, 0.5) is 0 Å². The molecule has 0 atom stereocenters. The predicted octanol–water partition coefficient (Wildman–Crippen LogP) is 3.34. The molecular formula is C25H37IN4O3. The normalized spacial score (nSPS) is 14.5. The third-order valence-corrected chi connectivity index (χ3v) is 5.43. The summed E-state index contributed by atoms with van der Waals surface area (Å²) in [6, 6.07) is 15.0. The molecule has 0 aliphatic carbocycles. The van der Waals surface area contributed by atoms with Gasteiger partial charge in [-0.2, -0.15) is 0 Å². The van der Waals surface area contributed by atoms with Gasteiger partial charge in [0, 0.05) is 52.4 Å². The molecule has 0 bridgehead atoms. The minimum atomic E-state index is 0. The first-order valence-electron chi connectivity index (χ1n) is 11.2. The van der Waals surface area contributed by atoms with Gasteiger partial charge >= 0.3 is 0 Å². The lowest BCUT2D eigenvalue weighted by Crippen LogP contribution is -2.36. The fourth-order valence-corrected chi connectivity index (χ4v) is 3.54. The summed E-state index contributed by atoms with van der Waals surface area (Å²) in [5.41, 5.74) is 4.80. The van der Waals surface area contributed by atoms with E-state index in [1.165, 1.54) is 16.7 Å². The zero-order valence-corrected chi connectivity index (χ0v) is 22.3. The lowest BCUT2D eigenvalue weighted by Gasteiger charge is -2.26. The SMILES string of the molecule is CN=C(NCc1ccc(CN2CCOCC2)cc1)NCc1ccc(C)cc1OCCOC.I. The smallest absolute Gasteiger partial charge is 0.191 e. The van der Waals surface area contributed by atoms with Gasteiger partial charge in [0.2, 0.25) is 0 Å². The lowest BCUT2D eigenvalue weighted by atomic mass is 10.1. The van der Waals surface area contributed by atoms with Gasteiger partial charge in [0.15, 0.2) is 5.96 Å². The summed E-state index contributed by atoms with van der Waals surface area (Å²) in [7, 11) is 3.46. The Hall–Kier alpha value is -1.88. The van der Waals surface area contributed by atoms with Crippen LogP contribution in [0.1, 0.15) is 22.3 Å². The van der Waals surface area contributed by atoms with E-state index in [1.807, 2.05) is 0 Å². The topological polar surface area (TPSA) is 67.4 Å². The third-order valence-electron chi connectivity index (χ3n) is 5.43. The van der Waals surface area contributed by atoms with E-state index in [0.717, 1.165) is 50.1 Å². The van der Waals surface area contributed by atoms with E-state index in [0.29, 0.717) is 26.3 Å². The number of benzene rings is 2. The molecule has 0 saturated carbocycles. The Labute approximate surface area is 214 Å². The Morgan fingerprint density at radius 2 is 1.70 bits per heavy atom. The fraction of sp³-hybridized carbons (Fsp3) is 0.480. The number of rotatable bonds is 10. The molecule has 0 unspecified atom stereocenters. The summed E-state index contributed by atoms with van der Waals surface area (Å²) in [6.07, 6.45) is 0. The molecule has 8 heteroatoms. The van der Waals surface area contributed by atoms with Crippen LogP contribution in [0.15, 0.2) is 47.5 Å². The number of nitrogens with one attached hydrogen (secondary N) is 2. The van der Waals surface area contributed by atoms with E-state index in [1.54, 1.807) is 14.2 Å². The van der Waals surface area contributed by atoms with E-state index in [9.17, 15) is 0 Å². The Bertz CT molecular complexity index is 855. The Balaban J connectivity index is 0.00000385. The highest BCUT2D eigenvalue weighted by atomic mass is 127. The van der Waals surface area contributed by atoms with Crippen LogP contribution in [-0.2, 0) is 29.1 Å². The van der Waals surface area contributed by atoms with Crippen LogP contribution in [0.5, 0.6) is 5.75 Å². The molecule has 182 valence electrons. The summed E-state index contributed by atoms with van der Waals surface area (Å²) in [5, 5.41) is 6.77. The zero-order chi connectivity index (χ0) is 22.6. The predicted molar refractivity (Wildman–Crippen MR) is 144 cm³/mol. The second kappa shape index (κ2) is 15.1. The molecule has 3 rings (SSSR count).